The molecule has 2 aromatic rings. The lowest BCUT2D eigenvalue weighted by Crippen LogP contribution is -2.46. The summed E-state index contributed by atoms with van der Waals surface area (Å²) < 4.78 is 28.8. The van der Waals surface area contributed by atoms with Gasteiger partial charge in [0.2, 0.25) is 0 Å². The number of aliphatic hydroxyl groups excluding tert-OH is 1. The Bertz CT molecular complexity index is 1460. The summed E-state index contributed by atoms with van der Waals surface area (Å²) in [4.78, 5) is 39.8. The summed E-state index contributed by atoms with van der Waals surface area (Å²) in [5.74, 6) is -0.339. The summed E-state index contributed by atoms with van der Waals surface area (Å²) in [7, 11) is -3.84. The van der Waals surface area contributed by atoms with Gasteiger partial charge in [-0.25, -0.2) is 9.59 Å². The fraction of sp³-hybridized carbons (Fsp3) is 0.625. The van der Waals surface area contributed by atoms with Gasteiger partial charge in [-0.05, 0) is 53.8 Å². The zero-order chi connectivity index (χ0) is 39.6. The van der Waals surface area contributed by atoms with Crippen LogP contribution in [0.3, 0.4) is 0 Å². The molecule has 2 heterocycles. The Hall–Kier alpha value is -3.24. The van der Waals surface area contributed by atoms with Crippen molar-refractivity contribution in [1.29, 1.82) is 0 Å². The molecule has 2 aromatic carbocycles. The van der Waals surface area contributed by atoms with E-state index in [-0.39, 0.29) is 53.5 Å². The van der Waals surface area contributed by atoms with E-state index in [4.69, 9.17) is 23.1 Å². The van der Waals surface area contributed by atoms with Crippen LogP contribution in [0, 0.1) is 0 Å². The van der Waals surface area contributed by atoms with Crippen LogP contribution < -0.4 is 0 Å². The van der Waals surface area contributed by atoms with Crippen LogP contribution in [0.5, 0.6) is 0 Å². The zero-order valence-electron chi connectivity index (χ0n) is 33.8. The summed E-state index contributed by atoms with van der Waals surface area (Å²) in [6, 6.07) is 18.9. The molecule has 53 heavy (non-hydrogen) atoms. The quantitative estimate of drug-likeness (QED) is 0.137. The monoisotopic (exact) mass is 772 g/mol. The van der Waals surface area contributed by atoms with Crippen molar-refractivity contribution in [3.05, 3.63) is 71.8 Å². The van der Waals surface area contributed by atoms with Gasteiger partial charge in [-0.15, -0.1) is 0 Å². The molecule has 2 saturated heterocycles. The van der Waals surface area contributed by atoms with Gasteiger partial charge in [-0.2, -0.15) is 0 Å². The molecule has 0 radical (unpaired) electrons. The smallest absolute Gasteiger partial charge is 0.410 e. The maximum atomic E-state index is 12.7. The predicted octanol–water partition coefficient (Wildman–Crippen LogP) is 8.13. The van der Waals surface area contributed by atoms with Gasteiger partial charge in [0.25, 0.3) is 0 Å². The number of β-amino-alcohol motifs (C(OH)–C–C–N with tert-alkyl or cyclic N) is 1. The number of rotatable bonds is 11. The molecule has 11 nitrogen and oxygen atoms in total. The molecule has 0 bridgehead atoms. The number of benzene rings is 2. The van der Waals surface area contributed by atoms with Crippen LogP contribution in [0.2, 0.25) is 36.3 Å². The Balaban J connectivity index is 0.000000287. The van der Waals surface area contributed by atoms with Crippen LogP contribution in [0.15, 0.2) is 60.7 Å². The highest BCUT2D eigenvalue weighted by Gasteiger charge is 2.43. The van der Waals surface area contributed by atoms with Crippen molar-refractivity contribution in [1.82, 2.24) is 9.80 Å². The molecule has 4 atom stereocenters. The topological polar surface area (TPSA) is 124 Å². The third-order valence-electron chi connectivity index (χ3n) is 10.9. The Kier molecular flexibility index (Phi) is 15.7. The number of aliphatic hydroxyl groups is 1. The van der Waals surface area contributed by atoms with E-state index in [1.807, 2.05) is 60.7 Å². The first kappa shape index (κ1) is 44.2. The van der Waals surface area contributed by atoms with Crippen LogP contribution in [-0.2, 0) is 41.1 Å². The molecule has 2 aliphatic heterocycles. The summed E-state index contributed by atoms with van der Waals surface area (Å²) in [6.45, 7) is 25.2. The highest BCUT2D eigenvalue weighted by Crippen LogP contribution is 2.38. The van der Waals surface area contributed by atoms with Crippen LogP contribution in [-0.4, -0.2) is 100 Å². The Morgan fingerprint density at radius 1 is 0.679 bits per heavy atom. The largest absolute Gasteiger partial charge is 0.461 e. The van der Waals surface area contributed by atoms with Crippen LogP contribution in [0.1, 0.15) is 72.4 Å². The molecule has 2 amide bonds. The lowest BCUT2D eigenvalue weighted by atomic mass is 10.2. The van der Waals surface area contributed by atoms with Crippen molar-refractivity contribution < 1.29 is 42.6 Å². The highest BCUT2D eigenvalue weighted by atomic mass is 28.4. The van der Waals surface area contributed by atoms with Gasteiger partial charge < -0.3 is 33.1 Å². The van der Waals surface area contributed by atoms with E-state index in [0.717, 1.165) is 11.1 Å². The van der Waals surface area contributed by atoms with Crippen molar-refractivity contribution in [2.45, 2.75) is 135 Å². The standard InChI is InChI=1S/C21H33NO5Si.C19H31NO4Si/c1-16(23)27-19-12-18(15-26-28(5,6)21(2,3)4)22(13-19)20(24)25-14-17-10-8-7-9-11-17;1-19(2,3)25(4,5)24-14-16-11-17(21)12-20(16)18(22)23-13-15-9-7-6-8-10-15/h7-11,18-19H,12-15H2,1-6H3;6-10,16-17,21H,11-14H2,1-5H3/t18-,19+;16-,17+/m00/s1. The van der Waals surface area contributed by atoms with Crippen LogP contribution in [0.25, 0.3) is 0 Å². The number of hydrogen-bond donors (Lipinski definition) is 1. The zero-order valence-corrected chi connectivity index (χ0v) is 35.8. The maximum Gasteiger partial charge on any atom is 0.410 e. The summed E-state index contributed by atoms with van der Waals surface area (Å²) in [5.41, 5.74) is 1.88. The molecule has 2 fully saturated rings. The van der Waals surface area contributed by atoms with Crippen molar-refractivity contribution >= 4 is 34.8 Å². The van der Waals surface area contributed by atoms with Crippen LogP contribution in [0.4, 0.5) is 9.59 Å². The first-order valence-corrected chi connectivity index (χ1v) is 24.5. The van der Waals surface area contributed by atoms with Gasteiger partial charge in [0.1, 0.15) is 19.3 Å². The van der Waals surface area contributed by atoms with Crippen LogP contribution >= 0.6 is 0 Å². The average molecular weight is 773 g/mol. The molecule has 0 saturated carbocycles. The van der Waals surface area contributed by atoms with E-state index < -0.39 is 28.8 Å². The van der Waals surface area contributed by atoms with E-state index in [0.29, 0.717) is 39.1 Å². The van der Waals surface area contributed by atoms with Gasteiger partial charge in [-0.1, -0.05) is 102 Å². The number of nitrogens with zero attached hydrogens (tertiary/aromatic N) is 2. The SMILES string of the molecule is CC(=O)O[C@@H]1C[C@@H](CO[Si](C)(C)C(C)(C)C)N(C(=O)OCc2ccccc2)C1.CC(C)(C)[Si](C)(C)OC[C@@H]1C[C@@H](O)CN1C(=O)OCc1ccccc1. The van der Waals surface area contributed by atoms with E-state index in [1.165, 1.54) is 6.92 Å². The van der Waals surface area contributed by atoms with Crippen molar-refractivity contribution in [3.8, 4) is 0 Å². The molecule has 0 aliphatic carbocycles. The van der Waals surface area contributed by atoms with Crippen molar-refractivity contribution in [2.24, 2.45) is 0 Å². The molecular formula is C40H64N2O9Si2. The molecule has 0 spiro atoms. The Labute approximate surface area is 319 Å². The van der Waals surface area contributed by atoms with Gasteiger partial charge in [-0.3, -0.25) is 9.69 Å². The molecule has 13 heteroatoms. The second-order valence-corrected chi connectivity index (χ2v) is 26.8. The number of likely N-dealkylation sites (tertiary alicyclic amines) is 2. The molecule has 1 N–H and O–H groups in total. The number of carbonyl (C=O) groups excluding carboxylic acids is 3. The first-order chi connectivity index (χ1) is 24.6. The minimum atomic E-state index is -1.95. The molecule has 4 rings (SSSR count). The number of ether oxygens (including phenoxy) is 3. The molecule has 296 valence electrons. The molecule has 0 aromatic heterocycles. The van der Waals surface area contributed by atoms with E-state index in [9.17, 15) is 19.5 Å². The second-order valence-electron chi connectivity index (χ2n) is 17.2. The summed E-state index contributed by atoms with van der Waals surface area (Å²) >= 11 is 0. The Morgan fingerprint density at radius 2 is 1.08 bits per heavy atom. The first-order valence-electron chi connectivity index (χ1n) is 18.7. The minimum absolute atomic E-state index is 0.0829. The fourth-order valence-corrected chi connectivity index (χ4v) is 7.58. The Morgan fingerprint density at radius 3 is 1.47 bits per heavy atom. The molecule has 0 unspecified atom stereocenters. The van der Waals surface area contributed by atoms with Gasteiger partial charge in [0.05, 0.1) is 44.5 Å². The van der Waals surface area contributed by atoms with E-state index in [2.05, 4.69) is 67.7 Å². The van der Waals surface area contributed by atoms with Crippen molar-refractivity contribution in [2.75, 3.05) is 26.3 Å². The average Bonchev–Trinajstić information content (AvgIpc) is 3.66. The predicted molar refractivity (Wildman–Crippen MR) is 211 cm³/mol. The summed E-state index contributed by atoms with van der Waals surface area (Å²) in [6.07, 6.45) is -0.525. The minimum Gasteiger partial charge on any atom is -0.461 e. The normalized spacial score (nSPS) is 20.8. The van der Waals surface area contributed by atoms with E-state index in [1.54, 1.807) is 9.80 Å². The van der Waals surface area contributed by atoms with E-state index >= 15 is 0 Å². The third kappa shape index (κ3) is 13.5. The maximum absolute atomic E-state index is 12.7. The van der Waals surface area contributed by atoms with Crippen molar-refractivity contribution in [3.63, 3.8) is 0 Å². The fourth-order valence-electron chi connectivity index (χ4n) is 5.50. The van der Waals surface area contributed by atoms with Gasteiger partial charge in [0.15, 0.2) is 16.6 Å². The lowest BCUT2D eigenvalue weighted by Gasteiger charge is -2.37. The highest BCUT2D eigenvalue weighted by molar-refractivity contribution is 6.74. The molecular weight excluding hydrogens is 709 g/mol. The lowest BCUT2D eigenvalue weighted by molar-refractivity contribution is -0.145. The van der Waals surface area contributed by atoms with Gasteiger partial charge in [0, 0.05) is 13.3 Å². The second kappa shape index (κ2) is 18.9. The third-order valence-corrected chi connectivity index (χ3v) is 19.9. The number of hydrogen-bond acceptors (Lipinski definition) is 9. The number of esters is 1. The van der Waals surface area contributed by atoms with Gasteiger partial charge >= 0.3 is 18.2 Å². The number of carbonyl (C=O) groups is 3. The number of amides is 2. The molecule has 2 aliphatic rings. The summed E-state index contributed by atoms with van der Waals surface area (Å²) in [5, 5.41) is 10.2.